The second-order valence-corrected chi connectivity index (χ2v) is 9.21. The number of anilines is 1. The molecule has 28 heavy (non-hydrogen) atoms. The highest BCUT2D eigenvalue weighted by Crippen LogP contribution is 2.22. The molecule has 9 nitrogen and oxygen atoms in total. The van der Waals surface area contributed by atoms with Gasteiger partial charge in [0.05, 0.1) is 11.9 Å². The molecule has 2 aliphatic heterocycles. The van der Waals surface area contributed by atoms with Crippen LogP contribution in [0.2, 0.25) is 0 Å². The fraction of sp³-hybridized carbons (Fsp3) is 0.611. The number of hydrogen-bond donors (Lipinski definition) is 1. The summed E-state index contributed by atoms with van der Waals surface area (Å²) in [5.41, 5.74) is 1.75. The SMILES string of the molecule is Cn1cc(-c2ccnc(N3CCC(NS(=O)(=O)N4CCCCCC4)C3)n2)cn1. The van der Waals surface area contributed by atoms with Crippen LogP contribution in [0.15, 0.2) is 24.7 Å². The van der Waals surface area contributed by atoms with Gasteiger partial charge in [-0.25, -0.2) is 9.97 Å². The van der Waals surface area contributed by atoms with Crippen molar-refractivity contribution in [2.45, 2.75) is 38.1 Å². The molecule has 0 radical (unpaired) electrons. The van der Waals surface area contributed by atoms with Gasteiger partial charge in [0.25, 0.3) is 10.2 Å². The van der Waals surface area contributed by atoms with Gasteiger partial charge in [0, 0.05) is 57.2 Å². The van der Waals surface area contributed by atoms with E-state index in [0.717, 1.165) is 49.9 Å². The average Bonchev–Trinajstić information content (AvgIpc) is 3.22. The van der Waals surface area contributed by atoms with E-state index in [0.29, 0.717) is 25.6 Å². The molecule has 1 unspecified atom stereocenters. The first-order valence-electron chi connectivity index (χ1n) is 9.86. The van der Waals surface area contributed by atoms with Crippen LogP contribution in [0.5, 0.6) is 0 Å². The molecule has 4 heterocycles. The Balaban J connectivity index is 1.41. The van der Waals surface area contributed by atoms with Crippen LogP contribution in [0, 0.1) is 0 Å². The molecule has 0 spiro atoms. The zero-order chi connectivity index (χ0) is 19.6. The van der Waals surface area contributed by atoms with E-state index in [1.807, 2.05) is 24.2 Å². The Morgan fingerprint density at radius 1 is 1.14 bits per heavy atom. The molecule has 2 aliphatic rings. The summed E-state index contributed by atoms with van der Waals surface area (Å²) in [5, 5.41) is 4.18. The van der Waals surface area contributed by atoms with E-state index in [2.05, 4.69) is 19.8 Å². The van der Waals surface area contributed by atoms with Crippen molar-refractivity contribution >= 4 is 16.2 Å². The third-order valence-electron chi connectivity index (χ3n) is 5.34. The van der Waals surface area contributed by atoms with Crippen LogP contribution >= 0.6 is 0 Å². The van der Waals surface area contributed by atoms with Crippen molar-refractivity contribution in [2.24, 2.45) is 7.05 Å². The lowest BCUT2D eigenvalue weighted by atomic mass is 10.2. The lowest BCUT2D eigenvalue weighted by Crippen LogP contribution is -2.46. The van der Waals surface area contributed by atoms with Gasteiger partial charge in [-0.3, -0.25) is 4.68 Å². The molecule has 10 heteroatoms. The Kier molecular flexibility index (Phi) is 5.61. The summed E-state index contributed by atoms with van der Waals surface area (Å²) in [6, 6.07) is 1.73. The van der Waals surface area contributed by atoms with Crippen molar-refractivity contribution in [2.75, 3.05) is 31.1 Å². The summed E-state index contributed by atoms with van der Waals surface area (Å²) in [6.07, 6.45) is 10.2. The number of aromatic nitrogens is 4. The van der Waals surface area contributed by atoms with Gasteiger partial charge < -0.3 is 4.90 Å². The number of nitrogens with one attached hydrogen (secondary N) is 1. The molecule has 2 saturated heterocycles. The van der Waals surface area contributed by atoms with Crippen LogP contribution in [0.3, 0.4) is 0 Å². The first kappa shape index (κ1) is 19.3. The Morgan fingerprint density at radius 3 is 2.64 bits per heavy atom. The van der Waals surface area contributed by atoms with Gasteiger partial charge in [0.2, 0.25) is 5.95 Å². The third-order valence-corrected chi connectivity index (χ3v) is 7.01. The number of rotatable bonds is 5. The molecule has 152 valence electrons. The van der Waals surface area contributed by atoms with E-state index >= 15 is 0 Å². The maximum absolute atomic E-state index is 12.7. The Bertz CT molecular complexity index is 906. The second-order valence-electron chi connectivity index (χ2n) is 7.51. The topological polar surface area (TPSA) is 96.2 Å². The van der Waals surface area contributed by atoms with Crippen molar-refractivity contribution in [3.8, 4) is 11.3 Å². The Labute approximate surface area is 166 Å². The number of aryl methyl sites for hydroxylation is 1. The Hall–Kier alpha value is -2.04. The minimum absolute atomic E-state index is 0.126. The summed E-state index contributed by atoms with van der Waals surface area (Å²) in [6.45, 7) is 2.53. The summed E-state index contributed by atoms with van der Waals surface area (Å²) in [4.78, 5) is 11.1. The largest absolute Gasteiger partial charge is 0.339 e. The first-order chi connectivity index (χ1) is 13.5. The van der Waals surface area contributed by atoms with Crippen molar-refractivity contribution in [3.05, 3.63) is 24.7 Å². The van der Waals surface area contributed by atoms with Crippen LogP contribution < -0.4 is 9.62 Å². The lowest BCUT2D eigenvalue weighted by Gasteiger charge is -2.23. The molecule has 0 saturated carbocycles. The molecule has 2 aromatic rings. The van der Waals surface area contributed by atoms with E-state index in [4.69, 9.17) is 0 Å². The zero-order valence-corrected chi connectivity index (χ0v) is 17.0. The summed E-state index contributed by atoms with van der Waals surface area (Å²) < 4.78 is 31.7. The molecule has 2 fully saturated rings. The molecular weight excluding hydrogens is 378 g/mol. The van der Waals surface area contributed by atoms with Gasteiger partial charge in [-0.05, 0) is 25.3 Å². The van der Waals surface area contributed by atoms with E-state index in [1.165, 1.54) is 0 Å². The van der Waals surface area contributed by atoms with Gasteiger partial charge in [-0.2, -0.15) is 22.5 Å². The summed E-state index contributed by atoms with van der Waals surface area (Å²) in [5.74, 6) is 0.623. The third kappa shape index (κ3) is 4.34. The quantitative estimate of drug-likeness (QED) is 0.802. The molecule has 4 rings (SSSR count). The molecule has 0 aliphatic carbocycles. The fourth-order valence-electron chi connectivity index (χ4n) is 3.82. The monoisotopic (exact) mass is 405 g/mol. The number of hydrogen-bond acceptors (Lipinski definition) is 6. The molecular formula is C18H27N7O2S. The summed E-state index contributed by atoms with van der Waals surface area (Å²) in [7, 11) is -1.57. The standard InChI is InChI=1S/C18H27N7O2S/c1-23-13-15(12-20-23)17-6-8-19-18(21-17)24-11-7-16(14-24)22-28(26,27)25-9-4-2-3-5-10-25/h6,8,12-13,16,22H,2-5,7,9-11,14H2,1H3. The molecule has 2 aromatic heterocycles. The maximum Gasteiger partial charge on any atom is 0.279 e. The van der Waals surface area contributed by atoms with E-state index in [9.17, 15) is 8.42 Å². The van der Waals surface area contributed by atoms with E-state index in [1.54, 1.807) is 21.4 Å². The normalized spacial score (nSPS) is 21.8. The fourth-order valence-corrected chi connectivity index (χ4v) is 5.32. The number of nitrogens with zero attached hydrogens (tertiary/aromatic N) is 6. The van der Waals surface area contributed by atoms with E-state index in [-0.39, 0.29) is 6.04 Å². The van der Waals surface area contributed by atoms with Crippen molar-refractivity contribution < 1.29 is 8.42 Å². The van der Waals surface area contributed by atoms with Crippen molar-refractivity contribution in [3.63, 3.8) is 0 Å². The van der Waals surface area contributed by atoms with Crippen LogP contribution in [0.1, 0.15) is 32.1 Å². The molecule has 0 amide bonds. The predicted molar refractivity (Wildman–Crippen MR) is 107 cm³/mol. The smallest absolute Gasteiger partial charge is 0.279 e. The molecule has 0 aromatic carbocycles. The van der Waals surface area contributed by atoms with Gasteiger partial charge >= 0.3 is 0 Å². The average molecular weight is 406 g/mol. The maximum atomic E-state index is 12.7. The second kappa shape index (κ2) is 8.14. The predicted octanol–water partition coefficient (Wildman–Crippen LogP) is 1.17. The Morgan fingerprint density at radius 2 is 1.93 bits per heavy atom. The highest BCUT2D eigenvalue weighted by molar-refractivity contribution is 7.87. The van der Waals surface area contributed by atoms with Crippen molar-refractivity contribution in [1.82, 2.24) is 28.8 Å². The van der Waals surface area contributed by atoms with Gasteiger partial charge in [0.1, 0.15) is 0 Å². The molecule has 1 atom stereocenters. The highest BCUT2D eigenvalue weighted by atomic mass is 32.2. The molecule has 1 N–H and O–H groups in total. The zero-order valence-electron chi connectivity index (χ0n) is 16.2. The van der Waals surface area contributed by atoms with Crippen molar-refractivity contribution in [1.29, 1.82) is 0 Å². The lowest BCUT2D eigenvalue weighted by molar-refractivity contribution is 0.409. The minimum atomic E-state index is -3.44. The van der Waals surface area contributed by atoms with Crippen LogP contribution in [-0.2, 0) is 17.3 Å². The van der Waals surface area contributed by atoms with Crippen LogP contribution in [-0.4, -0.2) is 64.7 Å². The van der Waals surface area contributed by atoms with Gasteiger partial charge in [-0.15, -0.1) is 0 Å². The van der Waals surface area contributed by atoms with Gasteiger partial charge in [0.15, 0.2) is 0 Å². The first-order valence-corrected chi connectivity index (χ1v) is 11.3. The highest BCUT2D eigenvalue weighted by Gasteiger charge is 2.31. The van der Waals surface area contributed by atoms with Gasteiger partial charge in [-0.1, -0.05) is 12.8 Å². The van der Waals surface area contributed by atoms with Crippen LogP contribution in [0.4, 0.5) is 5.95 Å². The van der Waals surface area contributed by atoms with E-state index < -0.39 is 10.2 Å². The minimum Gasteiger partial charge on any atom is -0.339 e. The van der Waals surface area contributed by atoms with Crippen LogP contribution in [0.25, 0.3) is 11.3 Å². The molecule has 0 bridgehead atoms. The summed E-state index contributed by atoms with van der Waals surface area (Å²) >= 11 is 0.